The quantitative estimate of drug-likeness (QED) is 0.272. The molecular weight excluding hydrogens is 350 g/mol. The number of nitrogens with zero attached hydrogens (tertiary/aromatic N) is 1. The highest BCUT2D eigenvalue weighted by atomic mass is 14.7. The van der Waals surface area contributed by atoms with Crippen LogP contribution >= 0.6 is 0 Å². The zero-order valence-electron chi connectivity index (χ0n) is 17.5. The van der Waals surface area contributed by atoms with Gasteiger partial charge in [0, 0.05) is 17.1 Å². The maximum absolute atomic E-state index is 4.79. The first-order chi connectivity index (χ1) is 13.9. The number of pyridine rings is 1. The molecule has 0 N–H and O–H groups in total. The highest BCUT2D eigenvalue weighted by Gasteiger charge is 2.15. The summed E-state index contributed by atoms with van der Waals surface area (Å²) in [5, 5.41) is 7.61. The van der Waals surface area contributed by atoms with Crippen molar-refractivity contribution in [2.24, 2.45) is 0 Å². The van der Waals surface area contributed by atoms with Gasteiger partial charge in [0.2, 0.25) is 0 Å². The highest BCUT2D eigenvalue weighted by Crippen LogP contribution is 2.35. The molecule has 1 aromatic heterocycles. The molecule has 0 saturated heterocycles. The number of hydrogen-bond donors (Lipinski definition) is 0. The molecule has 0 unspecified atom stereocenters. The van der Waals surface area contributed by atoms with E-state index in [0.717, 1.165) is 5.69 Å². The molecule has 0 radical (unpaired) electrons. The molecule has 1 nitrogen and oxygen atoms in total. The first kappa shape index (κ1) is 17.9. The third-order valence-corrected chi connectivity index (χ3v) is 5.97. The van der Waals surface area contributed by atoms with Gasteiger partial charge in [-0.1, -0.05) is 75.4 Å². The first-order valence-corrected chi connectivity index (χ1v) is 10.2. The summed E-state index contributed by atoms with van der Waals surface area (Å²) in [6.07, 6.45) is 1.94. The number of fused-ring (bicyclic) bond motifs is 4. The second-order valence-electron chi connectivity index (χ2n) is 9.02. The Morgan fingerprint density at radius 3 is 2.24 bits per heavy atom. The minimum Gasteiger partial charge on any atom is -0.256 e. The lowest BCUT2D eigenvalue weighted by molar-refractivity contribution is 0.591. The predicted molar refractivity (Wildman–Crippen MR) is 126 cm³/mol. The van der Waals surface area contributed by atoms with E-state index in [9.17, 15) is 0 Å². The molecule has 0 amide bonds. The second-order valence-corrected chi connectivity index (χ2v) is 9.02. The number of aromatic nitrogens is 1. The molecule has 1 heteroatoms. The standard InChI is InChI=1S/C28H25N/c1-18-15-21(16-19-7-5-6-8-23(18)19)27-26-11-9-20-17-22(28(2,3)4)10-12-24(20)25(26)13-14-29-27/h5-17H,1-4H3. The lowest BCUT2D eigenvalue weighted by Crippen LogP contribution is -2.10. The topological polar surface area (TPSA) is 12.9 Å². The summed E-state index contributed by atoms with van der Waals surface area (Å²) in [4.78, 5) is 4.79. The van der Waals surface area contributed by atoms with Crippen LogP contribution in [0.1, 0.15) is 31.9 Å². The fraction of sp³-hybridized carbons (Fsp3) is 0.179. The molecule has 5 rings (SSSR count). The largest absolute Gasteiger partial charge is 0.256 e. The maximum Gasteiger partial charge on any atom is 0.0780 e. The van der Waals surface area contributed by atoms with E-state index >= 15 is 0 Å². The van der Waals surface area contributed by atoms with Crippen LogP contribution < -0.4 is 0 Å². The second kappa shape index (κ2) is 6.42. The highest BCUT2D eigenvalue weighted by molar-refractivity contribution is 6.11. The third-order valence-electron chi connectivity index (χ3n) is 5.97. The Balaban J connectivity index is 1.77. The van der Waals surface area contributed by atoms with Crippen molar-refractivity contribution in [2.75, 3.05) is 0 Å². The Bertz CT molecular complexity index is 1390. The van der Waals surface area contributed by atoms with E-state index < -0.39 is 0 Å². The van der Waals surface area contributed by atoms with Gasteiger partial charge in [-0.2, -0.15) is 0 Å². The van der Waals surface area contributed by atoms with Crippen molar-refractivity contribution in [3.8, 4) is 11.3 Å². The normalized spacial score (nSPS) is 12.1. The molecule has 0 bridgehead atoms. The van der Waals surface area contributed by atoms with Crippen molar-refractivity contribution in [1.82, 2.24) is 4.98 Å². The number of rotatable bonds is 1. The molecule has 29 heavy (non-hydrogen) atoms. The van der Waals surface area contributed by atoms with Gasteiger partial charge in [-0.05, 0) is 68.6 Å². The van der Waals surface area contributed by atoms with Crippen LogP contribution in [0.25, 0.3) is 43.6 Å². The van der Waals surface area contributed by atoms with Gasteiger partial charge in [0.1, 0.15) is 0 Å². The van der Waals surface area contributed by atoms with Crippen LogP contribution in [0.2, 0.25) is 0 Å². The van der Waals surface area contributed by atoms with Gasteiger partial charge in [-0.25, -0.2) is 0 Å². The van der Waals surface area contributed by atoms with Gasteiger partial charge < -0.3 is 0 Å². The molecular formula is C28H25N. The Morgan fingerprint density at radius 1 is 0.655 bits per heavy atom. The van der Waals surface area contributed by atoms with Gasteiger partial charge in [0.05, 0.1) is 5.69 Å². The van der Waals surface area contributed by atoms with Crippen molar-refractivity contribution in [1.29, 1.82) is 0 Å². The molecule has 142 valence electrons. The van der Waals surface area contributed by atoms with Crippen molar-refractivity contribution >= 4 is 32.3 Å². The number of benzene rings is 4. The Kier molecular flexibility index (Phi) is 3.96. The van der Waals surface area contributed by atoms with Gasteiger partial charge in [0.25, 0.3) is 0 Å². The summed E-state index contributed by atoms with van der Waals surface area (Å²) in [5.74, 6) is 0. The Hall–Kier alpha value is -3.19. The van der Waals surface area contributed by atoms with E-state index in [2.05, 4.69) is 100 Å². The monoisotopic (exact) mass is 375 g/mol. The lowest BCUT2D eigenvalue weighted by Gasteiger charge is -2.20. The smallest absolute Gasteiger partial charge is 0.0780 e. The number of hydrogen-bond acceptors (Lipinski definition) is 1. The van der Waals surface area contributed by atoms with Crippen LogP contribution in [0, 0.1) is 6.92 Å². The molecule has 1 heterocycles. The maximum atomic E-state index is 4.79. The van der Waals surface area contributed by atoms with Crippen molar-refractivity contribution < 1.29 is 0 Å². The van der Waals surface area contributed by atoms with E-state index in [4.69, 9.17) is 4.98 Å². The van der Waals surface area contributed by atoms with Crippen LogP contribution in [0.5, 0.6) is 0 Å². The van der Waals surface area contributed by atoms with Crippen LogP contribution in [0.15, 0.2) is 79.0 Å². The van der Waals surface area contributed by atoms with Gasteiger partial charge in [-0.15, -0.1) is 0 Å². The minimum absolute atomic E-state index is 0.148. The molecule has 0 aliphatic carbocycles. The van der Waals surface area contributed by atoms with Gasteiger partial charge in [-0.3, -0.25) is 4.98 Å². The Morgan fingerprint density at radius 2 is 1.41 bits per heavy atom. The van der Waals surface area contributed by atoms with Gasteiger partial charge in [0.15, 0.2) is 0 Å². The zero-order chi connectivity index (χ0) is 20.2. The summed E-state index contributed by atoms with van der Waals surface area (Å²) in [5.41, 5.74) is 5.03. The average Bonchev–Trinajstić information content (AvgIpc) is 2.72. The molecule has 0 aliphatic heterocycles. The van der Waals surface area contributed by atoms with E-state index in [-0.39, 0.29) is 5.41 Å². The van der Waals surface area contributed by atoms with Crippen LogP contribution in [0.4, 0.5) is 0 Å². The van der Waals surface area contributed by atoms with E-state index in [0.29, 0.717) is 0 Å². The predicted octanol–water partition coefficient (Wildman–Crippen LogP) is 7.81. The SMILES string of the molecule is Cc1cc(-c2nccc3c2ccc2cc(C(C)(C)C)ccc23)cc2ccccc12. The van der Waals surface area contributed by atoms with E-state index in [1.165, 1.54) is 49.0 Å². The summed E-state index contributed by atoms with van der Waals surface area (Å²) in [6.45, 7) is 8.97. The summed E-state index contributed by atoms with van der Waals surface area (Å²) < 4.78 is 0. The van der Waals surface area contributed by atoms with Gasteiger partial charge >= 0.3 is 0 Å². The lowest BCUT2D eigenvalue weighted by atomic mass is 9.85. The van der Waals surface area contributed by atoms with Crippen molar-refractivity contribution in [3.63, 3.8) is 0 Å². The average molecular weight is 376 g/mol. The minimum atomic E-state index is 0.148. The molecule has 0 atom stereocenters. The molecule has 0 aliphatic rings. The number of aryl methyl sites for hydroxylation is 1. The zero-order valence-corrected chi connectivity index (χ0v) is 17.5. The third kappa shape index (κ3) is 2.98. The summed E-state index contributed by atoms with van der Waals surface area (Å²) in [7, 11) is 0. The van der Waals surface area contributed by atoms with Crippen LogP contribution in [-0.4, -0.2) is 4.98 Å². The molecule has 0 saturated carbocycles. The molecule has 0 fully saturated rings. The van der Waals surface area contributed by atoms with E-state index in [1.807, 2.05) is 6.20 Å². The van der Waals surface area contributed by atoms with Crippen LogP contribution in [-0.2, 0) is 5.41 Å². The Labute approximate surface area is 172 Å². The first-order valence-electron chi connectivity index (χ1n) is 10.2. The fourth-order valence-corrected chi connectivity index (χ4v) is 4.33. The summed E-state index contributed by atoms with van der Waals surface area (Å²) in [6, 6.07) is 26.6. The van der Waals surface area contributed by atoms with E-state index in [1.54, 1.807) is 0 Å². The summed E-state index contributed by atoms with van der Waals surface area (Å²) >= 11 is 0. The molecule has 5 aromatic rings. The molecule has 0 spiro atoms. The van der Waals surface area contributed by atoms with Crippen LogP contribution in [0.3, 0.4) is 0 Å². The fourth-order valence-electron chi connectivity index (χ4n) is 4.33. The van der Waals surface area contributed by atoms with Crippen molar-refractivity contribution in [3.05, 3.63) is 90.1 Å². The molecule has 4 aromatic carbocycles. The van der Waals surface area contributed by atoms with Crippen molar-refractivity contribution in [2.45, 2.75) is 33.1 Å².